The third kappa shape index (κ3) is 5.60. The molecule has 1 heterocycles. The van der Waals surface area contributed by atoms with Crippen molar-refractivity contribution in [2.75, 3.05) is 23.7 Å². The summed E-state index contributed by atoms with van der Waals surface area (Å²) in [6, 6.07) is 7.04. The molecule has 0 aliphatic carbocycles. The molecule has 1 fully saturated rings. The lowest BCUT2D eigenvalue weighted by Crippen LogP contribution is -2.49. The largest absolute Gasteiger partial charge is 0.444 e. The van der Waals surface area contributed by atoms with Gasteiger partial charge in [0, 0.05) is 23.6 Å². The van der Waals surface area contributed by atoms with Crippen molar-refractivity contribution in [3.05, 3.63) is 28.7 Å². The van der Waals surface area contributed by atoms with Gasteiger partial charge in [0.05, 0.1) is 11.9 Å². The molecular weight excluding hydrogens is 408 g/mol. The van der Waals surface area contributed by atoms with E-state index in [0.29, 0.717) is 31.6 Å². The maximum Gasteiger partial charge on any atom is 0.410 e. The van der Waals surface area contributed by atoms with Gasteiger partial charge in [-0.25, -0.2) is 13.2 Å². The van der Waals surface area contributed by atoms with Crippen LogP contribution in [0.2, 0.25) is 0 Å². The van der Waals surface area contributed by atoms with Crippen LogP contribution in [0.3, 0.4) is 0 Å². The lowest BCUT2D eigenvalue weighted by Gasteiger charge is -2.38. The monoisotopic (exact) mass is 432 g/mol. The number of carbonyl (C=O) groups is 1. The zero-order chi connectivity index (χ0) is 18.8. The summed E-state index contributed by atoms with van der Waals surface area (Å²) in [5, 5.41) is 0. The zero-order valence-electron chi connectivity index (χ0n) is 15.0. The average molecular weight is 433 g/mol. The van der Waals surface area contributed by atoms with E-state index in [2.05, 4.69) is 15.9 Å². The number of benzene rings is 1. The minimum atomic E-state index is -3.41. The Morgan fingerprint density at radius 2 is 1.72 bits per heavy atom. The molecule has 0 spiro atoms. The minimum Gasteiger partial charge on any atom is -0.444 e. The summed E-state index contributed by atoms with van der Waals surface area (Å²) in [7, 11) is -3.41. The Bertz CT molecular complexity index is 705. The standard InChI is InChI=1S/C17H25BrN2O4S/c1-17(2,3)24-16(21)19-11-9-15(10-12-19)20(25(4,22)23)14-7-5-13(18)6-8-14/h5-8,15H,9-12H2,1-4H3. The topological polar surface area (TPSA) is 66.9 Å². The number of anilines is 1. The van der Waals surface area contributed by atoms with Gasteiger partial charge < -0.3 is 9.64 Å². The molecule has 8 heteroatoms. The molecule has 0 aromatic heterocycles. The Morgan fingerprint density at radius 3 is 2.16 bits per heavy atom. The van der Waals surface area contributed by atoms with Gasteiger partial charge >= 0.3 is 6.09 Å². The number of rotatable bonds is 3. The van der Waals surface area contributed by atoms with Crippen molar-refractivity contribution >= 4 is 37.7 Å². The van der Waals surface area contributed by atoms with Crippen LogP contribution in [0.25, 0.3) is 0 Å². The number of carbonyl (C=O) groups excluding carboxylic acids is 1. The van der Waals surface area contributed by atoms with E-state index in [1.165, 1.54) is 10.6 Å². The number of hydrogen-bond acceptors (Lipinski definition) is 4. The molecule has 6 nitrogen and oxygen atoms in total. The fraction of sp³-hybridized carbons (Fsp3) is 0.588. The molecule has 1 saturated heterocycles. The number of sulfonamides is 1. The molecule has 1 aromatic rings. The van der Waals surface area contributed by atoms with Gasteiger partial charge in [-0.2, -0.15) is 0 Å². The van der Waals surface area contributed by atoms with E-state index in [1.807, 2.05) is 32.9 Å². The molecule has 0 saturated carbocycles. The molecule has 0 bridgehead atoms. The van der Waals surface area contributed by atoms with Crippen LogP contribution in [0.1, 0.15) is 33.6 Å². The smallest absolute Gasteiger partial charge is 0.410 e. The summed E-state index contributed by atoms with van der Waals surface area (Å²) in [4.78, 5) is 13.8. The number of piperidine rings is 1. The lowest BCUT2D eigenvalue weighted by atomic mass is 10.0. The molecule has 1 aromatic carbocycles. The highest BCUT2D eigenvalue weighted by atomic mass is 79.9. The summed E-state index contributed by atoms with van der Waals surface area (Å²) >= 11 is 3.36. The van der Waals surface area contributed by atoms with E-state index in [1.54, 1.807) is 17.0 Å². The normalized spacial score (nSPS) is 16.6. The van der Waals surface area contributed by atoms with Crippen molar-refractivity contribution in [2.24, 2.45) is 0 Å². The van der Waals surface area contributed by atoms with Crippen molar-refractivity contribution in [2.45, 2.75) is 45.3 Å². The number of hydrogen-bond donors (Lipinski definition) is 0. The second kappa shape index (κ2) is 7.53. The zero-order valence-corrected chi connectivity index (χ0v) is 17.4. The predicted molar refractivity (Wildman–Crippen MR) is 102 cm³/mol. The Labute approximate surface area is 158 Å². The van der Waals surface area contributed by atoms with Crippen molar-refractivity contribution in [3.63, 3.8) is 0 Å². The highest BCUT2D eigenvalue weighted by Gasteiger charge is 2.33. The Balaban J connectivity index is 2.10. The minimum absolute atomic E-state index is 0.171. The van der Waals surface area contributed by atoms with Crippen molar-refractivity contribution < 1.29 is 17.9 Å². The van der Waals surface area contributed by atoms with Crippen molar-refractivity contribution in [1.29, 1.82) is 0 Å². The van der Waals surface area contributed by atoms with Crippen LogP contribution in [0, 0.1) is 0 Å². The first-order valence-electron chi connectivity index (χ1n) is 8.20. The van der Waals surface area contributed by atoms with Crippen LogP contribution < -0.4 is 4.31 Å². The van der Waals surface area contributed by atoms with Crippen LogP contribution in [0.5, 0.6) is 0 Å². The number of nitrogens with zero attached hydrogens (tertiary/aromatic N) is 2. The third-order valence-electron chi connectivity index (χ3n) is 3.89. The average Bonchev–Trinajstić information content (AvgIpc) is 2.47. The van der Waals surface area contributed by atoms with E-state index < -0.39 is 15.6 Å². The Hall–Kier alpha value is -1.28. The molecular formula is C17H25BrN2O4S. The molecule has 25 heavy (non-hydrogen) atoms. The van der Waals surface area contributed by atoms with Gasteiger partial charge in [-0.1, -0.05) is 15.9 Å². The number of halogens is 1. The van der Waals surface area contributed by atoms with E-state index in [-0.39, 0.29) is 12.1 Å². The van der Waals surface area contributed by atoms with Gasteiger partial charge in [0.1, 0.15) is 5.60 Å². The third-order valence-corrected chi connectivity index (χ3v) is 5.64. The van der Waals surface area contributed by atoms with Crippen LogP contribution in [-0.4, -0.2) is 50.4 Å². The SMILES string of the molecule is CC(C)(C)OC(=O)N1CCC(N(c2ccc(Br)cc2)S(C)(=O)=O)CC1. The quantitative estimate of drug-likeness (QED) is 0.731. The molecule has 0 atom stereocenters. The summed E-state index contributed by atoms with van der Waals surface area (Å²) in [5.74, 6) is 0. The lowest BCUT2D eigenvalue weighted by molar-refractivity contribution is 0.0208. The van der Waals surface area contributed by atoms with Crippen LogP contribution in [0.15, 0.2) is 28.7 Å². The van der Waals surface area contributed by atoms with Gasteiger partial charge in [0.2, 0.25) is 10.0 Å². The molecule has 140 valence electrons. The highest BCUT2D eigenvalue weighted by Crippen LogP contribution is 2.28. The first-order chi connectivity index (χ1) is 11.5. The molecule has 2 rings (SSSR count). The van der Waals surface area contributed by atoms with Gasteiger partial charge in [-0.3, -0.25) is 4.31 Å². The second-order valence-electron chi connectivity index (χ2n) is 7.23. The predicted octanol–water partition coefficient (Wildman–Crippen LogP) is 3.61. The molecule has 1 aliphatic heterocycles. The maximum atomic E-state index is 12.3. The van der Waals surface area contributed by atoms with Crippen LogP contribution in [0.4, 0.5) is 10.5 Å². The van der Waals surface area contributed by atoms with E-state index in [0.717, 1.165) is 4.47 Å². The first-order valence-corrected chi connectivity index (χ1v) is 10.8. The van der Waals surface area contributed by atoms with Gasteiger partial charge in [0.25, 0.3) is 0 Å². The molecule has 1 aliphatic rings. The summed E-state index contributed by atoms with van der Waals surface area (Å²) in [5.41, 5.74) is 0.103. The number of amides is 1. The summed E-state index contributed by atoms with van der Waals surface area (Å²) in [6.07, 6.45) is 2.01. The number of ether oxygens (including phenoxy) is 1. The summed E-state index contributed by atoms with van der Waals surface area (Å²) in [6.45, 7) is 6.44. The van der Waals surface area contributed by atoms with E-state index >= 15 is 0 Å². The van der Waals surface area contributed by atoms with Crippen LogP contribution in [-0.2, 0) is 14.8 Å². The highest BCUT2D eigenvalue weighted by molar-refractivity contribution is 9.10. The molecule has 0 unspecified atom stereocenters. The van der Waals surface area contributed by atoms with Gasteiger partial charge in [-0.05, 0) is 57.9 Å². The van der Waals surface area contributed by atoms with Gasteiger partial charge in [0.15, 0.2) is 0 Å². The Morgan fingerprint density at radius 1 is 1.20 bits per heavy atom. The number of likely N-dealkylation sites (tertiary alicyclic amines) is 1. The van der Waals surface area contributed by atoms with Gasteiger partial charge in [-0.15, -0.1) is 0 Å². The molecule has 0 N–H and O–H groups in total. The Kier molecular flexibility index (Phi) is 6.04. The molecule has 1 amide bonds. The van der Waals surface area contributed by atoms with Crippen molar-refractivity contribution in [3.8, 4) is 0 Å². The fourth-order valence-electron chi connectivity index (χ4n) is 2.87. The summed E-state index contributed by atoms with van der Waals surface area (Å²) < 4.78 is 32.4. The fourth-order valence-corrected chi connectivity index (χ4v) is 4.39. The molecule has 0 radical (unpaired) electrons. The van der Waals surface area contributed by atoms with E-state index in [4.69, 9.17) is 4.74 Å². The van der Waals surface area contributed by atoms with E-state index in [9.17, 15) is 13.2 Å². The maximum absolute atomic E-state index is 12.3. The van der Waals surface area contributed by atoms with Crippen LogP contribution >= 0.6 is 15.9 Å². The second-order valence-corrected chi connectivity index (χ2v) is 10.0. The van der Waals surface area contributed by atoms with Crippen molar-refractivity contribution in [1.82, 2.24) is 4.90 Å². The first kappa shape index (κ1) is 20.0.